The smallest absolute Gasteiger partial charge is 0.0491 e. The minimum Gasteiger partial charge on any atom is -0.306 e. The highest BCUT2D eigenvalue weighted by molar-refractivity contribution is 5.52. The van der Waals surface area contributed by atoms with E-state index in [0.29, 0.717) is 6.04 Å². The van der Waals surface area contributed by atoms with Crippen molar-refractivity contribution in [3.8, 4) is 0 Å². The molecule has 70 valence electrons. The van der Waals surface area contributed by atoms with Gasteiger partial charge in [-0.3, -0.25) is 5.01 Å². The molecule has 0 spiro atoms. The molecule has 1 fully saturated rings. The molecular weight excluding hydrogens is 150 g/mol. The van der Waals surface area contributed by atoms with Crippen LogP contribution in [0.3, 0.4) is 0 Å². The molecule has 1 heterocycles. The van der Waals surface area contributed by atoms with Gasteiger partial charge >= 0.3 is 0 Å². The van der Waals surface area contributed by atoms with Crippen LogP contribution in [0.1, 0.15) is 19.8 Å². The van der Waals surface area contributed by atoms with Crippen molar-refractivity contribution in [3.05, 3.63) is 0 Å². The molecule has 1 rings (SSSR count). The summed E-state index contributed by atoms with van der Waals surface area (Å²) < 4.78 is 0. The Bertz CT molecular complexity index is 148. The molecule has 0 aromatic carbocycles. The molecule has 0 unspecified atom stereocenters. The maximum Gasteiger partial charge on any atom is 0.0491 e. The quantitative estimate of drug-likeness (QED) is 0.454. The molecule has 12 heavy (non-hydrogen) atoms. The van der Waals surface area contributed by atoms with E-state index in [4.69, 9.17) is 0 Å². The second-order valence-corrected chi connectivity index (χ2v) is 3.48. The van der Waals surface area contributed by atoms with Gasteiger partial charge in [0.25, 0.3) is 0 Å². The number of hydrogen-bond donors (Lipinski definition) is 0. The zero-order valence-corrected chi connectivity index (χ0v) is 8.32. The molecule has 0 atom stereocenters. The Labute approximate surface area is 75.0 Å². The molecule has 1 saturated heterocycles. The van der Waals surface area contributed by atoms with E-state index in [9.17, 15) is 0 Å². The van der Waals surface area contributed by atoms with Crippen molar-refractivity contribution >= 4 is 6.21 Å². The largest absolute Gasteiger partial charge is 0.306 e. The van der Waals surface area contributed by atoms with Crippen molar-refractivity contribution in [2.75, 3.05) is 27.2 Å². The van der Waals surface area contributed by atoms with Crippen molar-refractivity contribution in [3.63, 3.8) is 0 Å². The monoisotopic (exact) mass is 169 g/mol. The van der Waals surface area contributed by atoms with Crippen LogP contribution < -0.4 is 0 Å². The van der Waals surface area contributed by atoms with Crippen LogP contribution in [0.4, 0.5) is 0 Å². The standard InChI is InChI=1S/C9H19N3/c1-4-10-12(3)9-5-7-11(2)8-6-9/h4,9H,5-8H2,1-3H3. The van der Waals surface area contributed by atoms with Gasteiger partial charge in [0.05, 0.1) is 0 Å². The van der Waals surface area contributed by atoms with Crippen molar-refractivity contribution in [1.82, 2.24) is 9.91 Å². The van der Waals surface area contributed by atoms with E-state index in [2.05, 4.69) is 29.1 Å². The number of piperidine rings is 1. The number of hydrogen-bond acceptors (Lipinski definition) is 3. The molecule has 0 radical (unpaired) electrons. The first-order chi connectivity index (χ1) is 5.74. The SMILES string of the molecule is CC=NN(C)C1CCN(C)CC1. The fourth-order valence-corrected chi connectivity index (χ4v) is 1.65. The fraction of sp³-hybridized carbons (Fsp3) is 0.889. The summed E-state index contributed by atoms with van der Waals surface area (Å²) in [6, 6.07) is 0.650. The highest BCUT2D eigenvalue weighted by Crippen LogP contribution is 2.13. The number of likely N-dealkylation sites (tertiary alicyclic amines) is 1. The van der Waals surface area contributed by atoms with Crippen LogP contribution >= 0.6 is 0 Å². The van der Waals surface area contributed by atoms with Crippen molar-refractivity contribution < 1.29 is 0 Å². The summed E-state index contributed by atoms with van der Waals surface area (Å²) in [5, 5.41) is 6.35. The van der Waals surface area contributed by atoms with Gasteiger partial charge in [-0.2, -0.15) is 5.10 Å². The number of rotatable bonds is 2. The van der Waals surface area contributed by atoms with Crippen LogP contribution in [0.5, 0.6) is 0 Å². The summed E-state index contributed by atoms with van der Waals surface area (Å²) in [5.74, 6) is 0. The fourth-order valence-electron chi connectivity index (χ4n) is 1.65. The van der Waals surface area contributed by atoms with Gasteiger partial charge in [-0.1, -0.05) is 0 Å². The van der Waals surface area contributed by atoms with Crippen LogP contribution in [0.25, 0.3) is 0 Å². The second kappa shape index (κ2) is 4.45. The predicted octanol–water partition coefficient (Wildman–Crippen LogP) is 1.02. The average molecular weight is 169 g/mol. The third kappa shape index (κ3) is 2.48. The Morgan fingerprint density at radius 2 is 2.00 bits per heavy atom. The van der Waals surface area contributed by atoms with E-state index in [0.717, 1.165) is 0 Å². The van der Waals surface area contributed by atoms with Gasteiger partial charge in [0, 0.05) is 19.3 Å². The highest BCUT2D eigenvalue weighted by Gasteiger charge is 2.18. The Balaban J connectivity index is 2.33. The first kappa shape index (κ1) is 9.52. The van der Waals surface area contributed by atoms with E-state index in [1.165, 1.54) is 25.9 Å². The molecule has 0 bridgehead atoms. The van der Waals surface area contributed by atoms with E-state index in [1.807, 2.05) is 13.1 Å². The third-order valence-corrected chi connectivity index (χ3v) is 2.51. The van der Waals surface area contributed by atoms with Gasteiger partial charge in [0.1, 0.15) is 0 Å². The Kier molecular flexibility index (Phi) is 3.53. The minimum atomic E-state index is 0.650. The molecular formula is C9H19N3. The Morgan fingerprint density at radius 3 is 2.50 bits per heavy atom. The van der Waals surface area contributed by atoms with Gasteiger partial charge in [-0.25, -0.2) is 0 Å². The van der Waals surface area contributed by atoms with Crippen molar-refractivity contribution in [2.24, 2.45) is 5.10 Å². The topological polar surface area (TPSA) is 18.8 Å². The lowest BCUT2D eigenvalue weighted by atomic mass is 10.1. The lowest BCUT2D eigenvalue weighted by molar-refractivity contribution is 0.149. The van der Waals surface area contributed by atoms with Gasteiger partial charge in [-0.15, -0.1) is 0 Å². The highest BCUT2D eigenvalue weighted by atomic mass is 15.4. The van der Waals surface area contributed by atoms with Crippen LogP contribution in [-0.4, -0.2) is 49.4 Å². The summed E-state index contributed by atoms with van der Waals surface area (Å²) in [5.41, 5.74) is 0. The summed E-state index contributed by atoms with van der Waals surface area (Å²) in [6.45, 7) is 4.37. The molecule has 0 aromatic heterocycles. The molecule has 1 aliphatic rings. The molecule has 0 aliphatic carbocycles. The first-order valence-electron chi connectivity index (χ1n) is 4.64. The van der Waals surface area contributed by atoms with E-state index in [1.54, 1.807) is 0 Å². The molecule has 3 nitrogen and oxygen atoms in total. The molecule has 1 aliphatic heterocycles. The van der Waals surface area contributed by atoms with Crippen molar-refractivity contribution in [1.29, 1.82) is 0 Å². The minimum absolute atomic E-state index is 0.650. The lowest BCUT2D eigenvalue weighted by Gasteiger charge is -2.33. The van der Waals surface area contributed by atoms with Gasteiger partial charge in [0.2, 0.25) is 0 Å². The zero-order valence-electron chi connectivity index (χ0n) is 8.32. The molecule has 0 N–H and O–H groups in total. The Hall–Kier alpha value is -0.570. The van der Waals surface area contributed by atoms with Crippen molar-refractivity contribution in [2.45, 2.75) is 25.8 Å². The Morgan fingerprint density at radius 1 is 1.42 bits per heavy atom. The first-order valence-corrected chi connectivity index (χ1v) is 4.64. The lowest BCUT2D eigenvalue weighted by Crippen LogP contribution is -2.39. The summed E-state index contributed by atoms with van der Waals surface area (Å²) >= 11 is 0. The molecule has 0 saturated carbocycles. The van der Waals surface area contributed by atoms with Crippen LogP contribution in [0.15, 0.2) is 5.10 Å². The van der Waals surface area contributed by atoms with Crippen LogP contribution in [0, 0.1) is 0 Å². The summed E-state index contributed by atoms with van der Waals surface area (Å²) in [7, 11) is 4.25. The van der Waals surface area contributed by atoms with Gasteiger partial charge < -0.3 is 4.90 Å². The van der Waals surface area contributed by atoms with Gasteiger partial charge in [-0.05, 0) is 39.9 Å². The second-order valence-electron chi connectivity index (χ2n) is 3.48. The molecule has 0 amide bonds. The third-order valence-electron chi connectivity index (χ3n) is 2.51. The number of nitrogens with zero attached hydrogens (tertiary/aromatic N) is 3. The summed E-state index contributed by atoms with van der Waals surface area (Å²) in [4.78, 5) is 2.38. The zero-order chi connectivity index (χ0) is 8.97. The van der Waals surface area contributed by atoms with E-state index in [-0.39, 0.29) is 0 Å². The molecule has 0 aromatic rings. The number of hydrazone groups is 1. The van der Waals surface area contributed by atoms with Gasteiger partial charge in [0.15, 0.2) is 0 Å². The van der Waals surface area contributed by atoms with E-state index >= 15 is 0 Å². The normalized spacial score (nSPS) is 21.9. The maximum absolute atomic E-state index is 4.26. The summed E-state index contributed by atoms with van der Waals surface area (Å²) in [6.07, 6.45) is 4.34. The molecule has 3 heteroatoms. The van der Waals surface area contributed by atoms with E-state index < -0.39 is 0 Å². The maximum atomic E-state index is 4.26. The average Bonchev–Trinajstić information content (AvgIpc) is 2.06. The predicted molar refractivity (Wildman–Crippen MR) is 52.4 cm³/mol. The van der Waals surface area contributed by atoms with Crippen LogP contribution in [0.2, 0.25) is 0 Å². The van der Waals surface area contributed by atoms with Crippen LogP contribution in [-0.2, 0) is 0 Å².